The average molecular weight is 226 g/mol. The Morgan fingerprint density at radius 3 is 2.62 bits per heavy atom. The fraction of sp³-hybridized carbons (Fsp3) is 0.500. The van der Waals surface area contributed by atoms with Crippen LogP contribution >= 0.6 is 0 Å². The molecule has 0 atom stereocenters. The molecule has 88 valence electrons. The minimum atomic E-state index is -0.572. The van der Waals surface area contributed by atoms with Crippen molar-refractivity contribution in [3.05, 3.63) is 16.4 Å². The Morgan fingerprint density at radius 2 is 2.12 bits per heavy atom. The van der Waals surface area contributed by atoms with Crippen molar-refractivity contribution >= 4 is 17.3 Å². The Bertz CT molecular complexity index is 381. The molecule has 4 N–H and O–H groups in total. The monoisotopic (exact) mass is 226 g/mol. The third kappa shape index (κ3) is 2.76. The van der Waals surface area contributed by atoms with Crippen molar-refractivity contribution in [3.8, 4) is 0 Å². The Kier molecular flexibility index (Phi) is 3.95. The van der Waals surface area contributed by atoms with Gasteiger partial charge in [0.25, 0.3) is 0 Å². The fourth-order valence-corrected chi connectivity index (χ4v) is 1.09. The van der Waals surface area contributed by atoms with Crippen LogP contribution in [0.4, 0.5) is 17.3 Å². The first-order chi connectivity index (χ1) is 7.56. The number of aromatic nitrogens is 2. The van der Waals surface area contributed by atoms with Crippen molar-refractivity contribution in [3.63, 3.8) is 0 Å². The summed E-state index contributed by atoms with van der Waals surface area (Å²) in [4.78, 5) is 17.8. The number of hydrazine groups is 1. The summed E-state index contributed by atoms with van der Waals surface area (Å²) in [6.07, 6.45) is 1.21. The Morgan fingerprint density at radius 1 is 1.50 bits per heavy atom. The van der Waals surface area contributed by atoms with E-state index in [4.69, 9.17) is 5.84 Å². The Balaban J connectivity index is 3.02. The number of nitrogens with zero attached hydrogens (tertiary/aromatic N) is 3. The van der Waals surface area contributed by atoms with E-state index >= 15 is 0 Å². The van der Waals surface area contributed by atoms with E-state index < -0.39 is 4.92 Å². The van der Waals surface area contributed by atoms with Gasteiger partial charge in [0, 0.05) is 6.54 Å². The van der Waals surface area contributed by atoms with Gasteiger partial charge in [-0.3, -0.25) is 10.1 Å². The molecule has 0 spiro atoms. The molecule has 0 aliphatic carbocycles. The maximum Gasteiger partial charge on any atom is 0.354 e. The third-order valence-electron chi connectivity index (χ3n) is 1.82. The lowest BCUT2D eigenvalue weighted by Crippen LogP contribution is -2.15. The normalized spacial score (nSPS) is 10.2. The number of nitrogens with one attached hydrogen (secondary N) is 2. The molecule has 1 heterocycles. The van der Waals surface area contributed by atoms with Gasteiger partial charge in [-0.25, -0.2) is 15.8 Å². The van der Waals surface area contributed by atoms with Crippen LogP contribution in [-0.4, -0.2) is 21.4 Å². The van der Waals surface area contributed by atoms with Crippen LogP contribution in [0.1, 0.15) is 13.8 Å². The quantitative estimate of drug-likeness (QED) is 0.384. The topological polar surface area (TPSA) is 119 Å². The van der Waals surface area contributed by atoms with Gasteiger partial charge in [0.1, 0.15) is 6.33 Å². The molecule has 0 aromatic carbocycles. The second-order valence-electron chi connectivity index (χ2n) is 3.60. The SMILES string of the molecule is CC(C)CNc1ncnc(NN)c1[N+](=O)[O-]. The van der Waals surface area contributed by atoms with E-state index in [9.17, 15) is 10.1 Å². The zero-order valence-electron chi connectivity index (χ0n) is 9.10. The van der Waals surface area contributed by atoms with E-state index in [1.165, 1.54) is 6.33 Å². The highest BCUT2D eigenvalue weighted by Gasteiger charge is 2.22. The molecule has 0 bridgehead atoms. The summed E-state index contributed by atoms with van der Waals surface area (Å²) in [6.45, 7) is 4.56. The Labute approximate surface area is 92.4 Å². The molecule has 0 radical (unpaired) electrons. The molecular weight excluding hydrogens is 212 g/mol. The third-order valence-corrected chi connectivity index (χ3v) is 1.82. The van der Waals surface area contributed by atoms with E-state index in [2.05, 4.69) is 20.7 Å². The van der Waals surface area contributed by atoms with E-state index in [0.717, 1.165) is 0 Å². The van der Waals surface area contributed by atoms with Crippen molar-refractivity contribution in [1.82, 2.24) is 9.97 Å². The second kappa shape index (κ2) is 5.21. The first kappa shape index (κ1) is 12.1. The summed E-state index contributed by atoms with van der Waals surface area (Å²) in [6, 6.07) is 0. The zero-order chi connectivity index (χ0) is 12.1. The molecular formula is C8H14N6O2. The van der Waals surface area contributed by atoms with Gasteiger partial charge in [-0.2, -0.15) is 0 Å². The van der Waals surface area contributed by atoms with Crippen LogP contribution < -0.4 is 16.6 Å². The number of anilines is 2. The molecule has 1 rings (SSSR count). The molecule has 8 heteroatoms. The summed E-state index contributed by atoms with van der Waals surface area (Å²) < 4.78 is 0. The van der Waals surface area contributed by atoms with Crippen LogP contribution in [0.3, 0.4) is 0 Å². The van der Waals surface area contributed by atoms with Gasteiger partial charge >= 0.3 is 5.69 Å². The van der Waals surface area contributed by atoms with E-state index in [-0.39, 0.29) is 17.3 Å². The van der Waals surface area contributed by atoms with Crippen molar-refractivity contribution < 1.29 is 4.92 Å². The van der Waals surface area contributed by atoms with Crippen LogP contribution in [0.5, 0.6) is 0 Å². The molecule has 1 aromatic rings. The number of nitrogens with two attached hydrogens (primary N) is 1. The van der Waals surface area contributed by atoms with Gasteiger partial charge in [-0.15, -0.1) is 0 Å². The lowest BCUT2D eigenvalue weighted by Gasteiger charge is -2.09. The maximum absolute atomic E-state index is 10.8. The first-order valence-electron chi connectivity index (χ1n) is 4.76. The molecule has 8 nitrogen and oxygen atoms in total. The smallest absolute Gasteiger partial charge is 0.354 e. The van der Waals surface area contributed by atoms with Crippen molar-refractivity contribution in [2.75, 3.05) is 17.3 Å². The van der Waals surface area contributed by atoms with Crippen LogP contribution in [0, 0.1) is 16.0 Å². The average Bonchev–Trinajstić information content (AvgIpc) is 2.25. The predicted octanol–water partition coefficient (Wildman–Crippen LogP) is 0.738. The van der Waals surface area contributed by atoms with Crippen molar-refractivity contribution in [2.24, 2.45) is 11.8 Å². The van der Waals surface area contributed by atoms with Crippen molar-refractivity contribution in [2.45, 2.75) is 13.8 Å². The zero-order valence-corrected chi connectivity index (χ0v) is 9.10. The van der Waals surface area contributed by atoms with Crippen LogP contribution in [0.2, 0.25) is 0 Å². The second-order valence-corrected chi connectivity index (χ2v) is 3.60. The summed E-state index contributed by atoms with van der Waals surface area (Å²) in [5.74, 6) is 5.65. The highest BCUT2D eigenvalue weighted by molar-refractivity contribution is 5.68. The largest absolute Gasteiger partial charge is 0.364 e. The molecule has 0 unspecified atom stereocenters. The molecule has 16 heavy (non-hydrogen) atoms. The number of nitro groups is 1. The minimum absolute atomic E-state index is 0.00810. The number of hydrogen-bond donors (Lipinski definition) is 3. The standard InChI is InChI=1S/C8H14N6O2/c1-5(2)3-10-7-6(14(15)16)8(13-9)12-4-11-7/h4-5H,3,9H2,1-2H3,(H2,10,11,12,13). The van der Waals surface area contributed by atoms with Gasteiger partial charge in [0.15, 0.2) is 0 Å². The van der Waals surface area contributed by atoms with E-state index in [0.29, 0.717) is 12.5 Å². The maximum atomic E-state index is 10.8. The molecule has 1 aromatic heterocycles. The highest BCUT2D eigenvalue weighted by Crippen LogP contribution is 2.27. The van der Waals surface area contributed by atoms with Crippen molar-refractivity contribution in [1.29, 1.82) is 0 Å². The fourth-order valence-electron chi connectivity index (χ4n) is 1.09. The van der Waals surface area contributed by atoms with Gasteiger partial charge in [-0.1, -0.05) is 13.8 Å². The Hall–Kier alpha value is -1.96. The van der Waals surface area contributed by atoms with Gasteiger partial charge in [-0.05, 0) is 5.92 Å². The lowest BCUT2D eigenvalue weighted by atomic mass is 10.2. The molecule has 0 saturated carbocycles. The first-order valence-corrected chi connectivity index (χ1v) is 4.76. The molecule has 0 fully saturated rings. The van der Waals surface area contributed by atoms with Crippen LogP contribution in [0.15, 0.2) is 6.33 Å². The molecule has 0 aliphatic rings. The molecule has 0 saturated heterocycles. The summed E-state index contributed by atoms with van der Waals surface area (Å²) in [7, 11) is 0. The van der Waals surface area contributed by atoms with Gasteiger partial charge in [0.05, 0.1) is 4.92 Å². The summed E-state index contributed by atoms with van der Waals surface area (Å²) in [5.41, 5.74) is 1.93. The summed E-state index contributed by atoms with van der Waals surface area (Å²) >= 11 is 0. The highest BCUT2D eigenvalue weighted by atomic mass is 16.6. The van der Waals surface area contributed by atoms with E-state index in [1.807, 2.05) is 13.8 Å². The van der Waals surface area contributed by atoms with E-state index in [1.54, 1.807) is 0 Å². The van der Waals surface area contributed by atoms with Gasteiger partial charge < -0.3 is 10.7 Å². The molecule has 0 amide bonds. The summed E-state index contributed by atoms with van der Waals surface area (Å²) in [5, 5.41) is 13.7. The predicted molar refractivity (Wildman–Crippen MR) is 59.8 cm³/mol. The minimum Gasteiger partial charge on any atom is -0.364 e. The van der Waals surface area contributed by atoms with Crippen LogP contribution in [0.25, 0.3) is 0 Å². The molecule has 0 aliphatic heterocycles. The van der Waals surface area contributed by atoms with Crippen LogP contribution in [-0.2, 0) is 0 Å². The lowest BCUT2D eigenvalue weighted by molar-refractivity contribution is -0.383. The number of nitrogen functional groups attached to an aromatic ring is 1. The number of hydrogen-bond acceptors (Lipinski definition) is 7. The van der Waals surface area contributed by atoms with Gasteiger partial charge in [0.2, 0.25) is 11.6 Å². The number of rotatable bonds is 5.